The van der Waals surface area contributed by atoms with Crippen molar-refractivity contribution in [2.24, 2.45) is 16.5 Å². The molecule has 0 aliphatic carbocycles. The summed E-state index contributed by atoms with van der Waals surface area (Å²) in [6.07, 6.45) is 1.66. The molecule has 0 fully saturated rings. The van der Waals surface area contributed by atoms with Crippen molar-refractivity contribution in [3.05, 3.63) is 30.0 Å². The lowest BCUT2D eigenvalue weighted by Crippen LogP contribution is -2.26. The summed E-state index contributed by atoms with van der Waals surface area (Å²) in [5.41, 5.74) is 11.6. The number of benzene rings is 1. The minimum Gasteiger partial charge on any atom is -0.451 e. The van der Waals surface area contributed by atoms with Gasteiger partial charge in [0.05, 0.1) is 5.69 Å². The van der Waals surface area contributed by atoms with Crippen LogP contribution in [0.15, 0.2) is 33.7 Å². The van der Waals surface area contributed by atoms with Gasteiger partial charge in [-0.05, 0) is 24.3 Å². The lowest BCUT2D eigenvalue weighted by molar-refractivity contribution is 0.0976. The number of carbonyl (C=O) groups excluding carboxylic acids is 1. The topological polar surface area (TPSA) is 130 Å². The highest BCUT2D eigenvalue weighted by Gasteiger charge is 2.08. The number of furan rings is 1. The average molecular weight is 243 g/mol. The van der Waals surface area contributed by atoms with Crippen LogP contribution in [0.2, 0.25) is 0 Å². The number of aliphatic imine (C=N–C) groups is 1. The van der Waals surface area contributed by atoms with Crippen LogP contribution in [-0.2, 0) is 0 Å². The zero-order valence-electron chi connectivity index (χ0n) is 9.18. The Morgan fingerprint density at radius 3 is 2.83 bits per heavy atom. The Labute approximate surface area is 102 Å². The number of guanidine groups is 1. The fraction of sp³-hybridized carbons (Fsp3) is 0. The van der Waals surface area contributed by atoms with E-state index in [2.05, 4.69) is 10.3 Å². The van der Waals surface area contributed by atoms with Crippen LogP contribution in [0.25, 0.3) is 11.0 Å². The quantitative estimate of drug-likeness (QED) is 0.307. The van der Waals surface area contributed by atoms with Crippen LogP contribution < -0.4 is 16.8 Å². The van der Waals surface area contributed by atoms with Gasteiger partial charge in [0.2, 0.25) is 5.96 Å². The number of nitrogens with two attached hydrogens (primary N) is 2. The second-order valence-corrected chi connectivity index (χ2v) is 3.43. The maximum atomic E-state index is 11.0. The van der Waals surface area contributed by atoms with E-state index in [1.165, 1.54) is 6.07 Å². The van der Waals surface area contributed by atoms with Crippen molar-refractivity contribution in [1.82, 2.24) is 5.32 Å². The average Bonchev–Trinajstić information content (AvgIpc) is 2.72. The molecule has 2 rings (SSSR count). The monoisotopic (exact) mass is 243 g/mol. The Kier molecular flexibility index (Phi) is 2.85. The molecule has 0 radical (unpaired) electrons. The summed E-state index contributed by atoms with van der Waals surface area (Å²) >= 11 is 0. The number of carbonyl (C=O) groups is 1. The number of hydrogen-bond acceptors (Lipinski definition) is 4. The molecule has 1 aromatic heterocycles. The van der Waals surface area contributed by atoms with Crippen molar-refractivity contribution in [2.45, 2.75) is 0 Å². The minimum absolute atomic E-state index is 0.0181. The van der Waals surface area contributed by atoms with E-state index in [9.17, 15) is 4.79 Å². The Bertz CT molecular complexity index is 680. The second-order valence-electron chi connectivity index (χ2n) is 3.43. The standard InChI is InChI=1S/C11H9N5O2/c12-5-15-11(14)16-7-1-2-8-6(3-7)4-9(18-8)10(13)17/h1-4H,(H2,13,17)(H3,14,15,16). The van der Waals surface area contributed by atoms with Crippen molar-refractivity contribution in [3.63, 3.8) is 0 Å². The molecule has 0 aliphatic rings. The molecule has 0 atom stereocenters. The van der Waals surface area contributed by atoms with Gasteiger partial charge in [-0.2, -0.15) is 5.26 Å². The summed E-state index contributed by atoms with van der Waals surface area (Å²) in [6.45, 7) is 0. The fourth-order valence-electron chi connectivity index (χ4n) is 1.45. The lowest BCUT2D eigenvalue weighted by atomic mass is 10.2. The first-order valence-electron chi connectivity index (χ1n) is 4.93. The normalized spacial score (nSPS) is 11.2. The predicted molar refractivity (Wildman–Crippen MR) is 64.8 cm³/mol. The first-order valence-corrected chi connectivity index (χ1v) is 4.93. The number of primary amides is 1. The summed E-state index contributed by atoms with van der Waals surface area (Å²) in [5, 5.41) is 11.2. The number of hydrogen-bond donors (Lipinski definition) is 3. The van der Waals surface area contributed by atoms with E-state index in [1.807, 2.05) is 0 Å². The zero-order chi connectivity index (χ0) is 13.1. The summed E-state index contributed by atoms with van der Waals surface area (Å²) < 4.78 is 5.21. The number of amides is 1. The molecule has 0 aliphatic heterocycles. The molecule has 5 N–H and O–H groups in total. The first kappa shape index (κ1) is 11.5. The maximum absolute atomic E-state index is 11.0. The Hall–Kier alpha value is -3.01. The molecule has 0 saturated carbocycles. The number of nitrogens with zero attached hydrogens (tertiary/aromatic N) is 2. The molecule has 0 saturated heterocycles. The van der Waals surface area contributed by atoms with Crippen LogP contribution in [0.1, 0.15) is 10.6 Å². The largest absolute Gasteiger partial charge is 0.451 e. The number of rotatable bonds is 2. The molecule has 0 spiro atoms. The third kappa shape index (κ3) is 2.22. The number of fused-ring (bicyclic) bond motifs is 1. The summed E-state index contributed by atoms with van der Waals surface area (Å²) in [7, 11) is 0. The van der Waals surface area contributed by atoms with Gasteiger partial charge in [-0.1, -0.05) is 0 Å². The maximum Gasteiger partial charge on any atom is 0.284 e. The second kappa shape index (κ2) is 4.47. The molecule has 0 bridgehead atoms. The molecule has 90 valence electrons. The predicted octanol–water partition coefficient (Wildman–Crippen LogP) is 0.549. The molecule has 1 heterocycles. The SMILES string of the molecule is N#CNC(N)=Nc1ccc2oc(C(N)=O)cc2c1. The van der Waals surface area contributed by atoms with Crippen molar-refractivity contribution in [2.75, 3.05) is 0 Å². The lowest BCUT2D eigenvalue weighted by Gasteiger charge is -1.96. The number of nitriles is 1. The van der Waals surface area contributed by atoms with Gasteiger partial charge in [-0.25, -0.2) is 4.99 Å². The van der Waals surface area contributed by atoms with Crippen LogP contribution in [-0.4, -0.2) is 11.9 Å². The smallest absolute Gasteiger partial charge is 0.284 e. The molecule has 18 heavy (non-hydrogen) atoms. The molecular weight excluding hydrogens is 234 g/mol. The van der Waals surface area contributed by atoms with Crippen molar-refractivity contribution < 1.29 is 9.21 Å². The molecular formula is C11H9N5O2. The van der Waals surface area contributed by atoms with Crippen LogP contribution in [0.3, 0.4) is 0 Å². The van der Waals surface area contributed by atoms with E-state index in [1.54, 1.807) is 24.4 Å². The summed E-state index contributed by atoms with van der Waals surface area (Å²) in [4.78, 5) is 14.9. The Morgan fingerprint density at radius 2 is 2.17 bits per heavy atom. The van der Waals surface area contributed by atoms with Gasteiger partial charge in [0.15, 0.2) is 12.0 Å². The third-order valence-electron chi connectivity index (χ3n) is 2.18. The van der Waals surface area contributed by atoms with Gasteiger partial charge in [-0.3, -0.25) is 10.1 Å². The van der Waals surface area contributed by atoms with Gasteiger partial charge in [0.25, 0.3) is 5.91 Å². The van der Waals surface area contributed by atoms with Gasteiger partial charge < -0.3 is 15.9 Å². The zero-order valence-corrected chi connectivity index (χ0v) is 9.18. The minimum atomic E-state index is -0.637. The highest BCUT2D eigenvalue weighted by molar-refractivity contribution is 5.95. The first-order chi connectivity index (χ1) is 8.60. The van der Waals surface area contributed by atoms with Crippen molar-refractivity contribution in [1.29, 1.82) is 5.26 Å². The van der Waals surface area contributed by atoms with E-state index < -0.39 is 5.91 Å². The number of nitrogens with one attached hydrogen (secondary N) is 1. The van der Waals surface area contributed by atoms with Crippen LogP contribution >= 0.6 is 0 Å². The van der Waals surface area contributed by atoms with E-state index in [4.69, 9.17) is 21.1 Å². The Morgan fingerprint density at radius 1 is 1.39 bits per heavy atom. The summed E-state index contributed by atoms with van der Waals surface area (Å²) in [5.74, 6) is -0.577. The molecule has 1 amide bonds. The summed E-state index contributed by atoms with van der Waals surface area (Å²) in [6, 6.07) is 6.46. The van der Waals surface area contributed by atoms with Crippen molar-refractivity contribution >= 4 is 28.5 Å². The van der Waals surface area contributed by atoms with Gasteiger partial charge in [0, 0.05) is 5.39 Å². The van der Waals surface area contributed by atoms with E-state index in [-0.39, 0.29) is 11.7 Å². The van der Waals surface area contributed by atoms with E-state index >= 15 is 0 Å². The van der Waals surface area contributed by atoms with Crippen LogP contribution in [0.4, 0.5) is 5.69 Å². The van der Waals surface area contributed by atoms with Gasteiger partial charge in [0.1, 0.15) is 5.58 Å². The van der Waals surface area contributed by atoms with E-state index in [0.29, 0.717) is 16.7 Å². The highest BCUT2D eigenvalue weighted by Crippen LogP contribution is 2.24. The van der Waals surface area contributed by atoms with Gasteiger partial charge in [-0.15, -0.1) is 0 Å². The Balaban J connectivity index is 2.41. The van der Waals surface area contributed by atoms with Crippen LogP contribution in [0.5, 0.6) is 0 Å². The van der Waals surface area contributed by atoms with Crippen molar-refractivity contribution in [3.8, 4) is 6.19 Å². The van der Waals surface area contributed by atoms with E-state index in [0.717, 1.165) is 0 Å². The molecule has 2 aromatic rings. The van der Waals surface area contributed by atoms with Crippen LogP contribution in [0, 0.1) is 11.5 Å². The third-order valence-corrected chi connectivity index (χ3v) is 2.18. The molecule has 7 heteroatoms. The highest BCUT2D eigenvalue weighted by atomic mass is 16.3. The molecule has 0 unspecified atom stereocenters. The van der Waals surface area contributed by atoms with Gasteiger partial charge >= 0.3 is 0 Å². The molecule has 7 nitrogen and oxygen atoms in total. The fourth-order valence-corrected chi connectivity index (χ4v) is 1.45. The molecule has 1 aromatic carbocycles.